The second-order valence-electron chi connectivity index (χ2n) is 3.45. The van der Waals surface area contributed by atoms with Crippen molar-refractivity contribution in [3.8, 4) is 0 Å². The molecular weight excluding hydrogens is 278 g/mol. The predicted molar refractivity (Wildman–Crippen MR) is 65.4 cm³/mol. The number of thiophene rings is 1. The molecule has 0 saturated heterocycles. The van der Waals surface area contributed by atoms with Gasteiger partial charge in [-0.3, -0.25) is 4.79 Å². The quantitative estimate of drug-likeness (QED) is 0.894. The summed E-state index contributed by atoms with van der Waals surface area (Å²) in [5, 5.41) is 11.5. The van der Waals surface area contributed by atoms with Gasteiger partial charge in [0.2, 0.25) is 0 Å². The molecular formula is C10H14BrNO2S. The molecule has 0 aromatic carbocycles. The minimum Gasteiger partial charge on any atom is -0.396 e. The molecule has 84 valence electrons. The van der Waals surface area contributed by atoms with Crippen molar-refractivity contribution in [2.24, 2.45) is 0 Å². The van der Waals surface area contributed by atoms with Crippen LogP contribution >= 0.6 is 27.3 Å². The minimum atomic E-state index is -0.0743. The molecule has 2 N–H and O–H groups in total. The van der Waals surface area contributed by atoms with Crippen molar-refractivity contribution in [3.63, 3.8) is 0 Å². The summed E-state index contributed by atoms with van der Waals surface area (Å²) in [4.78, 5) is 12.4. The third kappa shape index (κ3) is 3.59. The van der Waals surface area contributed by atoms with Crippen LogP contribution < -0.4 is 5.32 Å². The Kier molecular flexibility index (Phi) is 4.76. The standard InChI is InChI=1S/C10H14BrNO2S/c1-6-5-8(15-9(6)11)10(14)12-7(2)3-4-13/h5,7,13H,3-4H2,1-2H3,(H,12,14). The third-order valence-electron chi connectivity index (χ3n) is 2.02. The molecule has 0 aliphatic carbocycles. The van der Waals surface area contributed by atoms with E-state index in [0.29, 0.717) is 11.3 Å². The molecule has 0 fully saturated rings. The van der Waals surface area contributed by atoms with E-state index in [1.165, 1.54) is 11.3 Å². The molecule has 0 saturated carbocycles. The van der Waals surface area contributed by atoms with Gasteiger partial charge in [0, 0.05) is 12.6 Å². The van der Waals surface area contributed by atoms with Gasteiger partial charge >= 0.3 is 0 Å². The third-order valence-corrected chi connectivity index (χ3v) is 4.16. The van der Waals surface area contributed by atoms with Crippen LogP contribution in [0.1, 0.15) is 28.6 Å². The van der Waals surface area contributed by atoms with Crippen molar-refractivity contribution in [1.82, 2.24) is 5.32 Å². The number of nitrogens with one attached hydrogen (secondary N) is 1. The highest BCUT2D eigenvalue weighted by molar-refractivity contribution is 9.11. The monoisotopic (exact) mass is 291 g/mol. The van der Waals surface area contributed by atoms with E-state index < -0.39 is 0 Å². The lowest BCUT2D eigenvalue weighted by molar-refractivity contribution is 0.0938. The average Bonchev–Trinajstić information content (AvgIpc) is 2.47. The maximum atomic E-state index is 11.7. The second-order valence-corrected chi connectivity index (χ2v) is 5.82. The Bertz CT molecular complexity index is 332. The van der Waals surface area contributed by atoms with Crippen molar-refractivity contribution >= 4 is 33.2 Å². The van der Waals surface area contributed by atoms with Gasteiger partial charge in [-0.25, -0.2) is 0 Å². The zero-order valence-electron chi connectivity index (χ0n) is 8.71. The van der Waals surface area contributed by atoms with Crippen LogP contribution in [0.3, 0.4) is 0 Å². The lowest BCUT2D eigenvalue weighted by Gasteiger charge is -2.10. The van der Waals surface area contributed by atoms with E-state index in [0.717, 1.165) is 9.35 Å². The molecule has 0 bridgehead atoms. The number of hydrogen-bond donors (Lipinski definition) is 2. The lowest BCUT2D eigenvalue weighted by Crippen LogP contribution is -2.32. The van der Waals surface area contributed by atoms with Crippen LogP contribution in [0.5, 0.6) is 0 Å². The molecule has 1 unspecified atom stereocenters. The number of rotatable bonds is 4. The van der Waals surface area contributed by atoms with Gasteiger partial charge in [0.15, 0.2) is 0 Å². The van der Waals surface area contributed by atoms with Crippen molar-refractivity contribution < 1.29 is 9.90 Å². The molecule has 1 aromatic rings. The normalized spacial score (nSPS) is 12.5. The van der Waals surface area contributed by atoms with Crippen LogP contribution in [0.2, 0.25) is 0 Å². The minimum absolute atomic E-state index is 0.00341. The number of aliphatic hydroxyl groups excluding tert-OH is 1. The number of carbonyl (C=O) groups excluding carboxylic acids is 1. The summed E-state index contributed by atoms with van der Waals surface area (Å²) in [6.07, 6.45) is 0.581. The Labute approximate surface area is 102 Å². The highest BCUT2D eigenvalue weighted by Gasteiger charge is 2.13. The lowest BCUT2D eigenvalue weighted by atomic mass is 10.2. The summed E-state index contributed by atoms with van der Waals surface area (Å²) < 4.78 is 0.988. The van der Waals surface area contributed by atoms with E-state index in [2.05, 4.69) is 21.2 Å². The summed E-state index contributed by atoms with van der Waals surface area (Å²) in [7, 11) is 0. The van der Waals surface area contributed by atoms with E-state index in [9.17, 15) is 4.79 Å². The molecule has 5 heteroatoms. The van der Waals surface area contributed by atoms with Gasteiger partial charge in [0.1, 0.15) is 0 Å². The number of aryl methyl sites for hydroxylation is 1. The molecule has 1 heterocycles. The first kappa shape index (κ1) is 12.7. The first-order valence-electron chi connectivity index (χ1n) is 4.72. The maximum absolute atomic E-state index is 11.7. The van der Waals surface area contributed by atoms with Gasteiger partial charge in [-0.05, 0) is 47.8 Å². The van der Waals surface area contributed by atoms with Crippen molar-refractivity contribution in [2.45, 2.75) is 26.3 Å². The summed E-state index contributed by atoms with van der Waals surface area (Å²) in [5.74, 6) is -0.0743. The zero-order chi connectivity index (χ0) is 11.4. The van der Waals surface area contributed by atoms with Crippen molar-refractivity contribution in [1.29, 1.82) is 0 Å². The van der Waals surface area contributed by atoms with Crippen LogP contribution in [0.25, 0.3) is 0 Å². The van der Waals surface area contributed by atoms with Gasteiger partial charge in [-0.15, -0.1) is 11.3 Å². The second kappa shape index (κ2) is 5.63. The highest BCUT2D eigenvalue weighted by Crippen LogP contribution is 2.27. The van der Waals surface area contributed by atoms with E-state index in [1.54, 1.807) is 0 Å². The Balaban J connectivity index is 2.61. The van der Waals surface area contributed by atoms with E-state index >= 15 is 0 Å². The number of halogens is 1. The van der Waals surface area contributed by atoms with Gasteiger partial charge in [0.25, 0.3) is 5.91 Å². The molecule has 3 nitrogen and oxygen atoms in total. The Hall–Kier alpha value is -0.390. The molecule has 0 spiro atoms. The fourth-order valence-corrected chi connectivity index (χ4v) is 2.57. The Morgan fingerprint density at radius 3 is 2.87 bits per heavy atom. The van der Waals surface area contributed by atoms with Gasteiger partial charge in [0.05, 0.1) is 8.66 Å². The van der Waals surface area contributed by atoms with E-state index in [4.69, 9.17) is 5.11 Å². The first-order valence-corrected chi connectivity index (χ1v) is 6.33. The van der Waals surface area contributed by atoms with Crippen LogP contribution in [0.15, 0.2) is 9.85 Å². The van der Waals surface area contributed by atoms with Gasteiger partial charge in [-0.2, -0.15) is 0 Å². The Morgan fingerprint density at radius 1 is 1.73 bits per heavy atom. The molecule has 1 amide bonds. The van der Waals surface area contributed by atoms with Gasteiger partial charge in [-0.1, -0.05) is 0 Å². The smallest absolute Gasteiger partial charge is 0.261 e. The fraction of sp³-hybridized carbons (Fsp3) is 0.500. The summed E-state index contributed by atoms with van der Waals surface area (Å²) in [6, 6.07) is 1.86. The number of aliphatic hydroxyl groups is 1. The zero-order valence-corrected chi connectivity index (χ0v) is 11.1. The van der Waals surface area contributed by atoms with Crippen molar-refractivity contribution in [3.05, 3.63) is 20.3 Å². The van der Waals surface area contributed by atoms with Crippen LogP contribution in [-0.4, -0.2) is 23.7 Å². The largest absolute Gasteiger partial charge is 0.396 e. The van der Waals surface area contributed by atoms with E-state index in [1.807, 2.05) is 19.9 Å². The number of hydrogen-bond acceptors (Lipinski definition) is 3. The molecule has 15 heavy (non-hydrogen) atoms. The summed E-state index contributed by atoms with van der Waals surface area (Å²) in [6.45, 7) is 3.92. The molecule has 0 radical (unpaired) electrons. The van der Waals surface area contributed by atoms with Crippen LogP contribution in [0, 0.1) is 6.92 Å². The SMILES string of the molecule is Cc1cc(C(=O)NC(C)CCO)sc1Br. The predicted octanol–water partition coefficient (Wildman–Crippen LogP) is 2.32. The average molecular weight is 292 g/mol. The molecule has 1 rings (SSSR count). The molecule has 0 aliphatic heterocycles. The van der Waals surface area contributed by atoms with Crippen LogP contribution in [-0.2, 0) is 0 Å². The Morgan fingerprint density at radius 2 is 2.40 bits per heavy atom. The van der Waals surface area contributed by atoms with Gasteiger partial charge < -0.3 is 10.4 Å². The number of amides is 1. The molecule has 0 aliphatic rings. The highest BCUT2D eigenvalue weighted by atomic mass is 79.9. The van der Waals surface area contributed by atoms with E-state index in [-0.39, 0.29) is 18.6 Å². The topological polar surface area (TPSA) is 49.3 Å². The maximum Gasteiger partial charge on any atom is 0.261 e. The summed E-state index contributed by atoms with van der Waals surface area (Å²) in [5.41, 5.74) is 1.07. The first-order chi connectivity index (χ1) is 7.04. The fourth-order valence-electron chi connectivity index (χ4n) is 1.13. The van der Waals surface area contributed by atoms with Crippen LogP contribution in [0.4, 0.5) is 0 Å². The van der Waals surface area contributed by atoms with Crippen molar-refractivity contribution in [2.75, 3.05) is 6.61 Å². The summed E-state index contributed by atoms with van der Waals surface area (Å²) >= 11 is 4.80. The number of carbonyl (C=O) groups is 1. The molecule has 1 aromatic heterocycles. The molecule has 1 atom stereocenters.